The molecule has 5 nitrogen and oxygen atoms in total. The number of ether oxygens (including phenoxy) is 1. The first-order chi connectivity index (χ1) is 6.99. The third-order valence-electron chi connectivity index (χ3n) is 1.79. The fraction of sp³-hybridized carbons (Fsp3) is 0.778. The summed E-state index contributed by atoms with van der Waals surface area (Å²) in [4.78, 5) is 0. The molecule has 1 saturated carbocycles. The highest BCUT2D eigenvalue weighted by molar-refractivity contribution is 7.87. The van der Waals surface area contributed by atoms with E-state index in [-0.39, 0.29) is 12.6 Å². The molecule has 0 aromatic heterocycles. The third kappa shape index (κ3) is 6.62. The molecule has 88 valence electrons. The minimum Gasteiger partial charge on any atom is -0.376 e. The van der Waals surface area contributed by atoms with Gasteiger partial charge in [-0.05, 0) is 19.8 Å². The quantitative estimate of drug-likeness (QED) is 0.464. The Bertz CT molecular complexity index is 309. The Labute approximate surface area is 91.1 Å². The van der Waals surface area contributed by atoms with E-state index in [0.717, 1.165) is 18.4 Å². The molecule has 0 saturated heterocycles. The molecule has 1 aliphatic rings. The summed E-state index contributed by atoms with van der Waals surface area (Å²) in [5.74, 6) is 0. The van der Waals surface area contributed by atoms with Gasteiger partial charge in [0.2, 0.25) is 0 Å². The largest absolute Gasteiger partial charge is 0.376 e. The smallest absolute Gasteiger partial charge is 0.277 e. The van der Waals surface area contributed by atoms with Gasteiger partial charge in [-0.3, -0.25) is 0 Å². The first kappa shape index (κ1) is 12.6. The van der Waals surface area contributed by atoms with Gasteiger partial charge in [-0.1, -0.05) is 12.2 Å². The molecule has 15 heavy (non-hydrogen) atoms. The normalized spacial score (nSPS) is 16.6. The average Bonchev–Trinajstić information content (AvgIpc) is 2.86. The lowest BCUT2D eigenvalue weighted by molar-refractivity contribution is 0.162. The predicted octanol–water partition coefficient (Wildman–Crippen LogP) is 0.166. The Morgan fingerprint density at radius 3 is 2.73 bits per heavy atom. The van der Waals surface area contributed by atoms with Gasteiger partial charge < -0.3 is 4.74 Å². The maximum Gasteiger partial charge on any atom is 0.277 e. The summed E-state index contributed by atoms with van der Waals surface area (Å²) in [6.45, 7) is 6.65. The Balaban J connectivity index is 2.05. The van der Waals surface area contributed by atoms with Gasteiger partial charge in [0.05, 0.1) is 13.2 Å². The molecule has 0 bridgehead atoms. The van der Waals surface area contributed by atoms with Gasteiger partial charge in [-0.15, -0.1) is 0 Å². The molecule has 1 rings (SSSR count). The monoisotopic (exact) mass is 234 g/mol. The number of nitrogens with one attached hydrogen (secondary N) is 2. The van der Waals surface area contributed by atoms with Crippen molar-refractivity contribution in [2.75, 3.05) is 19.8 Å². The molecule has 1 aliphatic carbocycles. The van der Waals surface area contributed by atoms with Crippen LogP contribution >= 0.6 is 0 Å². The van der Waals surface area contributed by atoms with Crippen molar-refractivity contribution in [3.63, 3.8) is 0 Å². The zero-order valence-electron chi connectivity index (χ0n) is 8.95. The van der Waals surface area contributed by atoms with E-state index < -0.39 is 10.2 Å². The molecule has 1 fully saturated rings. The highest BCUT2D eigenvalue weighted by atomic mass is 32.2. The highest BCUT2D eigenvalue weighted by Crippen LogP contribution is 2.19. The van der Waals surface area contributed by atoms with Crippen LogP contribution in [0.5, 0.6) is 0 Å². The van der Waals surface area contributed by atoms with Crippen LogP contribution in [-0.4, -0.2) is 34.2 Å². The fourth-order valence-electron chi connectivity index (χ4n) is 0.957. The molecule has 0 radical (unpaired) electrons. The topological polar surface area (TPSA) is 67.4 Å². The number of hydrogen-bond acceptors (Lipinski definition) is 3. The fourth-order valence-corrected chi connectivity index (χ4v) is 2.07. The van der Waals surface area contributed by atoms with Gasteiger partial charge in [-0.25, -0.2) is 0 Å². The summed E-state index contributed by atoms with van der Waals surface area (Å²) in [5.41, 5.74) is 0.925. The van der Waals surface area contributed by atoms with E-state index in [9.17, 15) is 8.42 Å². The molecule has 0 heterocycles. The van der Waals surface area contributed by atoms with E-state index >= 15 is 0 Å². The first-order valence-electron chi connectivity index (χ1n) is 4.98. The van der Waals surface area contributed by atoms with Crippen LogP contribution in [0.1, 0.15) is 19.8 Å². The molecule has 6 heteroatoms. The number of rotatable bonds is 8. The van der Waals surface area contributed by atoms with Crippen LogP contribution < -0.4 is 9.44 Å². The van der Waals surface area contributed by atoms with Gasteiger partial charge in [0.1, 0.15) is 0 Å². The maximum atomic E-state index is 11.3. The van der Waals surface area contributed by atoms with Crippen LogP contribution in [0, 0.1) is 0 Å². The Morgan fingerprint density at radius 1 is 1.53 bits per heavy atom. The molecule has 2 N–H and O–H groups in total. The van der Waals surface area contributed by atoms with E-state index in [1.807, 2.05) is 6.92 Å². The van der Waals surface area contributed by atoms with E-state index in [4.69, 9.17) is 4.74 Å². The minimum absolute atomic E-state index is 0.138. The summed E-state index contributed by atoms with van der Waals surface area (Å²) >= 11 is 0. The molecular weight excluding hydrogens is 216 g/mol. The SMILES string of the molecule is C=C(C)COCCNS(=O)(=O)NC1CC1. The molecule has 0 aromatic carbocycles. The summed E-state index contributed by atoms with van der Waals surface area (Å²) in [6, 6.07) is 0.138. The lowest BCUT2D eigenvalue weighted by Crippen LogP contribution is -2.39. The van der Waals surface area contributed by atoms with E-state index in [0.29, 0.717) is 13.2 Å². The van der Waals surface area contributed by atoms with Gasteiger partial charge in [-0.2, -0.15) is 17.9 Å². The molecule has 0 atom stereocenters. The van der Waals surface area contributed by atoms with Crippen LogP contribution in [0.25, 0.3) is 0 Å². The van der Waals surface area contributed by atoms with Gasteiger partial charge in [0.25, 0.3) is 10.2 Å². The van der Waals surface area contributed by atoms with Crippen molar-refractivity contribution in [1.82, 2.24) is 9.44 Å². The van der Waals surface area contributed by atoms with Crippen molar-refractivity contribution in [2.45, 2.75) is 25.8 Å². The van der Waals surface area contributed by atoms with Crippen molar-refractivity contribution >= 4 is 10.2 Å². The second-order valence-electron chi connectivity index (χ2n) is 3.80. The van der Waals surface area contributed by atoms with Crippen molar-refractivity contribution in [3.8, 4) is 0 Å². The van der Waals surface area contributed by atoms with Crippen molar-refractivity contribution in [3.05, 3.63) is 12.2 Å². The Morgan fingerprint density at radius 2 is 2.20 bits per heavy atom. The first-order valence-corrected chi connectivity index (χ1v) is 6.47. The lowest BCUT2D eigenvalue weighted by atomic mass is 10.4. The predicted molar refractivity (Wildman–Crippen MR) is 58.7 cm³/mol. The zero-order chi connectivity index (χ0) is 11.3. The van der Waals surface area contributed by atoms with E-state index in [1.54, 1.807) is 0 Å². The van der Waals surface area contributed by atoms with Crippen LogP contribution in [0.4, 0.5) is 0 Å². The number of hydrogen-bond donors (Lipinski definition) is 2. The average molecular weight is 234 g/mol. The molecule has 0 aromatic rings. The second-order valence-corrected chi connectivity index (χ2v) is 5.33. The Hall–Kier alpha value is -0.430. The van der Waals surface area contributed by atoms with Gasteiger partial charge in [0, 0.05) is 12.6 Å². The van der Waals surface area contributed by atoms with Crippen LogP contribution in [-0.2, 0) is 14.9 Å². The van der Waals surface area contributed by atoms with Crippen molar-refractivity contribution in [1.29, 1.82) is 0 Å². The minimum atomic E-state index is -3.32. The van der Waals surface area contributed by atoms with Crippen LogP contribution in [0.3, 0.4) is 0 Å². The molecule has 0 aliphatic heterocycles. The van der Waals surface area contributed by atoms with Gasteiger partial charge >= 0.3 is 0 Å². The summed E-state index contributed by atoms with van der Waals surface area (Å²) < 4.78 is 32.7. The van der Waals surface area contributed by atoms with Gasteiger partial charge in [0.15, 0.2) is 0 Å². The molecule has 0 spiro atoms. The summed E-state index contributed by atoms with van der Waals surface area (Å²) in [5, 5.41) is 0. The third-order valence-corrected chi connectivity index (χ3v) is 3.01. The van der Waals surface area contributed by atoms with Crippen molar-refractivity contribution < 1.29 is 13.2 Å². The van der Waals surface area contributed by atoms with E-state index in [1.165, 1.54) is 0 Å². The summed E-state index contributed by atoms with van der Waals surface area (Å²) in [7, 11) is -3.32. The van der Waals surface area contributed by atoms with Crippen LogP contribution in [0.15, 0.2) is 12.2 Å². The zero-order valence-corrected chi connectivity index (χ0v) is 9.77. The second kappa shape index (κ2) is 5.60. The standard InChI is InChI=1S/C9H18N2O3S/c1-8(2)7-14-6-5-10-15(12,13)11-9-3-4-9/h9-11H,1,3-7H2,2H3. The highest BCUT2D eigenvalue weighted by Gasteiger charge is 2.26. The molecule has 0 unspecified atom stereocenters. The van der Waals surface area contributed by atoms with Crippen LogP contribution in [0.2, 0.25) is 0 Å². The molecule has 0 amide bonds. The van der Waals surface area contributed by atoms with Crippen molar-refractivity contribution in [2.24, 2.45) is 0 Å². The Kier molecular flexibility index (Phi) is 4.72. The molecular formula is C9H18N2O3S. The van der Waals surface area contributed by atoms with E-state index in [2.05, 4.69) is 16.0 Å². The lowest BCUT2D eigenvalue weighted by Gasteiger charge is -2.07. The summed E-state index contributed by atoms with van der Waals surface area (Å²) in [6.07, 6.45) is 1.88. The maximum absolute atomic E-state index is 11.3.